The summed E-state index contributed by atoms with van der Waals surface area (Å²) in [7, 11) is 5.24. The molecule has 1 aliphatic heterocycles. The summed E-state index contributed by atoms with van der Waals surface area (Å²) in [6, 6.07) is 7.37. The van der Waals surface area contributed by atoms with Crippen LogP contribution in [0.5, 0.6) is 0 Å². The van der Waals surface area contributed by atoms with Crippen molar-refractivity contribution < 1.29 is 0 Å². The normalized spacial score (nSPS) is 14.5. The van der Waals surface area contributed by atoms with Crippen LogP contribution in [0.1, 0.15) is 12.1 Å². The lowest BCUT2D eigenvalue weighted by Gasteiger charge is -2.27. The van der Waals surface area contributed by atoms with E-state index >= 15 is 0 Å². The summed E-state index contributed by atoms with van der Waals surface area (Å²) >= 11 is 6.19. The SMILES string of the molecule is CN1CCCN(Cc2cc(=O)n(C)c(=O)n2C)c2cc(Cl)ccc21. The Bertz CT molecular complexity index is 887. The molecular formula is C17H21ClN4O2. The molecule has 128 valence electrons. The van der Waals surface area contributed by atoms with Gasteiger partial charge in [-0.05, 0) is 24.6 Å². The molecule has 0 amide bonds. The zero-order chi connectivity index (χ0) is 17.4. The fourth-order valence-corrected chi connectivity index (χ4v) is 3.27. The topological polar surface area (TPSA) is 50.5 Å². The van der Waals surface area contributed by atoms with Gasteiger partial charge in [-0.3, -0.25) is 13.9 Å². The molecule has 6 nitrogen and oxygen atoms in total. The molecule has 0 atom stereocenters. The van der Waals surface area contributed by atoms with Crippen LogP contribution >= 0.6 is 11.6 Å². The minimum Gasteiger partial charge on any atom is -0.373 e. The van der Waals surface area contributed by atoms with Gasteiger partial charge in [0.05, 0.1) is 17.9 Å². The summed E-state index contributed by atoms with van der Waals surface area (Å²) in [4.78, 5) is 28.5. The first kappa shape index (κ1) is 16.6. The fraction of sp³-hybridized carbons (Fsp3) is 0.412. The molecule has 0 bridgehead atoms. The summed E-state index contributed by atoms with van der Waals surface area (Å²) in [6.07, 6.45) is 0.988. The lowest BCUT2D eigenvalue weighted by molar-refractivity contribution is 0.631. The van der Waals surface area contributed by atoms with E-state index in [0.717, 1.165) is 35.5 Å². The molecule has 1 aliphatic rings. The van der Waals surface area contributed by atoms with Gasteiger partial charge in [0.2, 0.25) is 0 Å². The first-order chi connectivity index (χ1) is 11.4. The van der Waals surface area contributed by atoms with Crippen LogP contribution < -0.4 is 21.0 Å². The summed E-state index contributed by atoms with van der Waals surface area (Å²) < 4.78 is 2.64. The minimum atomic E-state index is -0.309. The van der Waals surface area contributed by atoms with Crippen LogP contribution in [0.15, 0.2) is 33.9 Å². The van der Waals surface area contributed by atoms with Gasteiger partial charge in [0.15, 0.2) is 0 Å². The van der Waals surface area contributed by atoms with Crippen LogP contribution in [0, 0.1) is 0 Å². The number of anilines is 2. The molecule has 24 heavy (non-hydrogen) atoms. The third-order valence-corrected chi connectivity index (χ3v) is 4.82. The van der Waals surface area contributed by atoms with Crippen molar-refractivity contribution in [2.75, 3.05) is 29.9 Å². The molecule has 1 aromatic heterocycles. The maximum Gasteiger partial charge on any atom is 0.330 e. The molecule has 2 heterocycles. The van der Waals surface area contributed by atoms with Gasteiger partial charge in [-0.2, -0.15) is 0 Å². The molecule has 2 aromatic rings. The van der Waals surface area contributed by atoms with Gasteiger partial charge in [0.25, 0.3) is 5.56 Å². The maximum atomic E-state index is 12.1. The number of rotatable bonds is 2. The maximum absolute atomic E-state index is 12.1. The van der Waals surface area contributed by atoms with Crippen molar-refractivity contribution in [3.63, 3.8) is 0 Å². The van der Waals surface area contributed by atoms with Gasteiger partial charge >= 0.3 is 5.69 Å². The Hall–Kier alpha value is -2.21. The highest BCUT2D eigenvalue weighted by Crippen LogP contribution is 2.34. The first-order valence-electron chi connectivity index (χ1n) is 7.90. The van der Waals surface area contributed by atoms with Crippen molar-refractivity contribution in [2.24, 2.45) is 14.1 Å². The number of hydrogen-bond donors (Lipinski definition) is 0. The van der Waals surface area contributed by atoms with Crippen molar-refractivity contribution in [2.45, 2.75) is 13.0 Å². The molecule has 0 aliphatic carbocycles. The second-order valence-electron chi connectivity index (χ2n) is 6.20. The van der Waals surface area contributed by atoms with Crippen LogP contribution in [0.2, 0.25) is 5.02 Å². The third kappa shape index (κ3) is 2.94. The van der Waals surface area contributed by atoms with Gasteiger partial charge in [-0.25, -0.2) is 4.79 Å². The monoisotopic (exact) mass is 348 g/mol. The number of benzene rings is 1. The van der Waals surface area contributed by atoms with Crippen LogP contribution in [0.3, 0.4) is 0 Å². The predicted molar refractivity (Wildman–Crippen MR) is 97.3 cm³/mol. The average molecular weight is 349 g/mol. The first-order valence-corrected chi connectivity index (χ1v) is 8.28. The van der Waals surface area contributed by atoms with Gasteiger partial charge in [0.1, 0.15) is 0 Å². The molecular weight excluding hydrogens is 328 g/mol. The number of halogens is 1. The highest BCUT2D eigenvalue weighted by Gasteiger charge is 2.20. The Morgan fingerprint density at radius 3 is 2.50 bits per heavy atom. The van der Waals surface area contributed by atoms with Gasteiger partial charge in [-0.1, -0.05) is 11.6 Å². The van der Waals surface area contributed by atoms with Crippen molar-refractivity contribution in [3.05, 3.63) is 55.8 Å². The molecule has 1 aromatic carbocycles. The molecule has 0 spiro atoms. The predicted octanol–water partition coefficient (Wildman–Crippen LogP) is 1.58. The highest BCUT2D eigenvalue weighted by molar-refractivity contribution is 6.31. The number of fused-ring (bicyclic) bond motifs is 1. The molecule has 7 heteroatoms. The Balaban J connectivity index is 2.05. The van der Waals surface area contributed by atoms with Gasteiger partial charge < -0.3 is 9.80 Å². The summed E-state index contributed by atoms with van der Waals surface area (Å²) in [5.41, 5.74) is 2.22. The van der Waals surface area contributed by atoms with Crippen molar-refractivity contribution in [1.82, 2.24) is 9.13 Å². The second-order valence-corrected chi connectivity index (χ2v) is 6.64. The van der Waals surface area contributed by atoms with Gasteiger partial charge in [-0.15, -0.1) is 0 Å². The van der Waals surface area contributed by atoms with E-state index in [-0.39, 0.29) is 11.2 Å². The summed E-state index contributed by atoms with van der Waals surface area (Å²) in [5, 5.41) is 0.673. The lowest BCUT2D eigenvalue weighted by atomic mass is 10.2. The smallest absolute Gasteiger partial charge is 0.330 e. The third-order valence-electron chi connectivity index (χ3n) is 4.59. The lowest BCUT2D eigenvalue weighted by Crippen LogP contribution is -2.39. The molecule has 0 radical (unpaired) electrons. The van der Waals surface area contributed by atoms with E-state index in [9.17, 15) is 9.59 Å². The standard InChI is InChI=1S/C17H21ClN4O2/c1-19-7-4-8-22(15-9-12(18)5-6-14(15)19)11-13-10-16(23)21(3)17(24)20(13)2/h5-6,9-10H,4,7-8,11H2,1-3H3. The Labute approximate surface area is 145 Å². The molecule has 0 fully saturated rings. The zero-order valence-electron chi connectivity index (χ0n) is 14.1. The number of nitrogens with zero attached hydrogens (tertiary/aromatic N) is 4. The molecule has 0 saturated carbocycles. The second kappa shape index (κ2) is 6.36. The Morgan fingerprint density at radius 2 is 1.75 bits per heavy atom. The quantitative estimate of drug-likeness (QED) is 0.827. The molecule has 0 N–H and O–H groups in total. The largest absolute Gasteiger partial charge is 0.373 e. The summed E-state index contributed by atoms with van der Waals surface area (Å²) in [5.74, 6) is 0. The van der Waals surface area contributed by atoms with Crippen LogP contribution in [-0.4, -0.2) is 29.3 Å². The van der Waals surface area contributed by atoms with E-state index in [4.69, 9.17) is 11.6 Å². The molecule has 3 rings (SSSR count). The van der Waals surface area contributed by atoms with E-state index < -0.39 is 0 Å². The van der Waals surface area contributed by atoms with Crippen LogP contribution in [0.25, 0.3) is 0 Å². The zero-order valence-corrected chi connectivity index (χ0v) is 14.9. The number of hydrogen-bond acceptors (Lipinski definition) is 4. The van der Waals surface area contributed by atoms with E-state index in [1.807, 2.05) is 18.2 Å². The van der Waals surface area contributed by atoms with E-state index in [2.05, 4.69) is 16.8 Å². The minimum absolute atomic E-state index is 0.286. The summed E-state index contributed by atoms with van der Waals surface area (Å²) in [6.45, 7) is 2.27. The van der Waals surface area contributed by atoms with Crippen molar-refractivity contribution in [1.29, 1.82) is 0 Å². The number of aromatic nitrogens is 2. The van der Waals surface area contributed by atoms with Crippen molar-refractivity contribution >= 4 is 23.0 Å². The van der Waals surface area contributed by atoms with Crippen LogP contribution in [0.4, 0.5) is 11.4 Å². The highest BCUT2D eigenvalue weighted by atomic mass is 35.5. The molecule has 0 saturated heterocycles. The Morgan fingerprint density at radius 1 is 1.00 bits per heavy atom. The fourth-order valence-electron chi connectivity index (χ4n) is 3.10. The van der Waals surface area contributed by atoms with E-state index in [1.165, 1.54) is 17.7 Å². The van der Waals surface area contributed by atoms with Crippen LogP contribution in [-0.2, 0) is 20.6 Å². The molecule has 0 unspecified atom stereocenters. The van der Waals surface area contributed by atoms with Gasteiger partial charge in [0, 0.05) is 51.0 Å². The average Bonchev–Trinajstić information content (AvgIpc) is 2.70. The van der Waals surface area contributed by atoms with E-state index in [0.29, 0.717) is 17.3 Å². The van der Waals surface area contributed by atoms with E-state index in [1.54, 1.807) is 7.05 Å². The Kier molecular flexibility index (Phi) is 4.41. The van der Waals surface area contributed by atoms with Crippen molar-refractivity contribution in [3.8, 4) is 0 Å².